The fourth-order valence-corrected chi connectivity index (χ4v) is 4.06. The Labute approximate surface area is 138 Å². The van der Waals surface area contributed by atoms with Crippen molar-refractivity contribution in [1.82, 2.24) is 5.32 Å². The van der Waals surface area contributed by atoms with Crippen molar-refractivity contribution in [3.8, 4) is 0 Å². The summed E-state index contributed by atoms with van der Waals surface area (Å²) in [6, 6.07) is 10.2. The minimum Gasteiger partial charge on any atom is -0.371 e. The van der Waals surface area contributed by atoms with Crippen LogP contribution < -0.4 is 11.1 Å². The van der Waals surface area contributed by atoms with Crippen molar-refractivity contribution in [3.05, 3.63) is 35.9 Å². The SMILES string of the molecule is NCC1(CC(=O)NC2CCOC2c2ccccc2)CCCCC1. The van der Waals surface area contributed by atoms with Crippen molar-refractivity contribution in [2.75, 3.05) is 13.2 Å². The molecule has 1 aliphatic carbocycles. The van der Waals surface area contributed by atoms with E-state index in [1.165, 1.54) is 19.3 Å². The van der Waals surface area contributed by atoms with Crippen molar-refractivity contribution in [2.45, 2.75) is 57.1 Å². The third kappa shape index (κ3) is 3.93. The number of rotatable bonds is 5. The Morgan fingerprint density at radius 3 is 2.65 bits per heavy atom. The standard InChI is InChI=1S/C19H28N2O2/c20-14-19(10-5-2-6-11-19)13-17(22)21-16-9-12-23-18(16)15-7-3-1-4-8-15/h1,3-4,7-8,16,18H,2,5-6,9-14,20H2,(H,21,22). The van der Waals surface area contributed by atoms with Gasteiger partial charge in [-0.25, -0.2) is 0 Å². The van der Waals surface area contributed by atoms with Gasteiger partial charge in [-0.2, -0.15) is 0 Å². The summed E-state index contributed by atoms with van der Waals surface area (Å²) in [5.74, 6) is 0.133. The summed E-state index contributed by atoms with van der Waals surface area (Å²) in [7, 11) is 0. The maximum atomic E-state index is 12.6. The molecule has 3 N–H and O–H groups in total. The van der Waals surface area contributed by atoms with E-state index in [9.17, 15) is 4.79 Å². The minimum atomic E-state index is -0.0275. The van der Waals surface area contributed by atoms with Gasteiger partial charge < -0.3 is 15.8 Å². The highest BCUT2D eigenvalue weighted by Crippen LogP contribution is 2.38. The maximum absolute atomic E-state index is 12.6. The zero-order valence-electron chi connectivity index (χ0n) is 13.8. The van der Waals surface area contributed by atoms with Gasteiger partial charge in [-0.15, -0.1) is 0 Å². The molecule has 126 valence electrons. The van der Waals surface area contributed by atoms with E-state index in [4.69, 9.17) is 10.5 Å². The van der Waals surface area contributed by atoms with Crippen LogP contribution in [0.1, 0.15) is 56.6 Å². The predicted molar refractivity (Wildman–Crippen MR) is 90.9 cm³/mol. The zero-order valence-corrected chi connectivity index (χ0v) is 13.8. The van der Waals surface area contributed by atoms with Crippen LogP contribution in [0.25, 0.3) is 0 Å². The first-order chi connectivity index (χ1) is 11.2. The van der Waals surface area contributed by atoms with E-state index < -0.39 is 0 Å². The molecule has 2 unspecified atom stereocenters. The molecule has 0 aromatic heterocycles. The van der Waals surface area contributed by atoms with Gasteiger partial charge in [0.25, 0.3) is 0 Å². The summed E-state index contributed by atoms with van der Waals surface area (Å²) < 4.78 is 5.85. The second-order valence-electron chi connectivity index (χ2n) is 7.11. The van der Waals surface area contributed by atoms with Gasteiger partial charge >= 0.3 is 0 Å². The van der Waals surface area contributed by atoms with Crippen molar-refractivity contribution in [1.29, 1.82) is 0 Å². The van der Waals surface area contributed by atoms with Gasteiger partial charge in [-0.3, -0.25) is 4.79 Å². The minimum absolute atomic E-state index is 0.0179. The molecule has 0 bridgehead atoms. The number of hydrogen-bond acceptors (Lipinski definition) is 3. The molecule has 2 fully saturated rings. The molecule has 0 radical (unpaired) electrons. The van der Waals surface area contributed by atoms with Gasteiger partial charge in [0.15, 0.2) is 0 Å². The van der Waals surface area contributed by atoms with Crippen LogP contribution in [-0.2, 0) is 9.53 Å². The Balaban J connectivity index is 1.60. The number of benzene rings is 1. The molecule has 23 heavy (non-hydrogen) atoms. The van der Waals surface area contributed by atoms with Crippen LogP contribution in [0.5, 0.6) is 0 Å². The average Bonchev–Trinajstić information content (AvgIpc) is 3.04. The van der Waals surface area contributed by atoms with Crippen LogP contribution in [0.15, 0.2) is 30.3 Å². The van der Waals surface area contributed by atoms with Crippen molar-refractivity contribution < 1.29 is 9.53 Å². The van der Waals surface area contributed by atoms with Gasteiger partial charge in [0.05, 0.1) is 6.04 Å². The molecule has 1 aromatic rings. The van der Waals surface area contributed by atoms with Crippen LogP contribution in [-0.4, -0.2) is 25.1 Å². The summed E-state index contributed by atoms with van der Waals surface area (Å²) in [5.41, 5.74) is 7.17. The number of nitrogens with one attached hydrogen (secondary N) is 1. The Hall–Kier alpha value is -1.39. The molecule has 2 atom stereocenters. The fourth-order valence-electron chi connectivity index (χ4n) is 4.06. The molecule has 1 aromatic carbocycles. The van der Waals surface area contributed by atoms with Crippen LogP contribution in [0.4, 0.5) is 0 Å². The van der Waals surface area contributed by atoms with Crippen LogP contribution in [0.2, 0.25) is 0 Å². The van der Waals surface area contributed by atoms with Gasteiger partial charge in [-0.05, 0) is 36.8 Å². The highest BCUT2D eigenvalue weighted by Gasteiger charge is 2.35. The third-order valence-electron chi connectivity index (χ3n) is 5.45. The Bertz CT molecular complexity index is 511. The molecule has 1 heterocycles. The van der Waals surface area contributed by atoms with E-state index in [1.807, 2.05) is 18.2 Å². The number of amides is 1. The summed E-state index contributed by atoms with van der Waals surface area (Å²) in [4.78, 5) is 12.6. The highest BCUT2D eigenvalue weighted by molar-refractivity contribution is 5.77. The van der Waals surface area contributed by atoms with E-state index in [2.05, 4.69) is 17.4 Å². The van der Waals surface area contributed by atoms with E-state index in [1.54, 1.807) is 0 Å². The van der Waals surface area contributed by atoms with Gasteiger partial charge in [0, 0.05) is 13.0 Å². The topological polar surface area (TPSA) is 64.4 Å². The van der Waals surface area contributed by atoms with Crippen molar-refractivity contribution >= 4 is 5.91 Å². The molecule has 1 saturated carbocycles. The molecule has 4 nitrogen and oxygen atoms in total. The normalized spacial score (nSPS) is 26.8. The van der Waals surface area contributed by atoms with E-state index in [0.29, 0.717) is 19.6 Å². The van der Waals surface area contributed by atoms with E-state index in [-0.39, 0.29) is 23.5 Å². The highest BCUT2D eigenvalue weighted by atomic mass is 16.5. The molecule has 1 saturated heterocycles. The summed E-state index contributed by atoms with van der Waals surface area (Å²) in [6.07, 6.45) is 7.24. The first kappa shape index (κ1) is 16.5. The third-order valence-corrected chi connectivity index (χ3v) is 5.45. The summed E-state index contributed by atoms with van der Waals surface area (Å²) >= 11 is 0. The lowest BCUT2D eigenvalue weighted by Gasteiger charge is -2.36. The molecular formula is C19H28N2O2. The first-order valence-electron chi connectivity index (χ1n) is 8.88. The summed E-state index contributed by atoms with van der Waals surface area (Å²) in [5, 5.41) is 3.21. The number of carbonyl (C=O) groups is 1. The van der Waals surface area contributed by atoms with Gasteiger partial charge in [0.2, 0.25) is 5.91 Å². The smallest absolute Gasteiger partial charge is 0.220 e. The lowest BCUT2D eigenvalue weighted by Crippen LogP contribution is -2.42. The van der Waals surface area contributed by atoms with E-state index >= 15 is 0 Å². The molecule has 4 heteroatoms. The Morgan fingerprint density at radius 2 is 1.96 bits per heavy atom. The van der Waals surface area contributed by atoms with Crippen LogP contribution in [0, 0.1) is 5.41 Å². The van der Waals surface area contributed by atoms with Crippen molar-refractivity contribution in [3.63, 3.8) is 0 Å². The molecule has 2 aliphatic rings. The largest absolute Gasteiger partial charge is 0.371 e. The van der Waals surface area contributed by atoms with Gasteiger partial charge in [-0.1, -0.05) is 49.6 Å². The van der Waals surface area contributed by atoms with Crippen LogP contribution in [0.3, 0.4) is 0 Å². The monoisotopic (exact) mass is 316 g/mol. The lowest BCUT2D eigenvalue weighted by atomic mass is 9.71. The Kier molecular flexibility index (Phi) is 5.34. The lowest BCUT2D eigenvalue weighted by molar-refractivity contribution is -0.125. The number of ether oxygens (including phenoxy) is 1. The fraction of sp³-hybridized carbons (Fsp3) is 0.632. The average molecular weight is 316 g/mol. The molecular weight excluding hydrogens is 288 g/mol. The second kappa shape index (κ2) is 7.45. The first-order valence-corrected chi connectivity index (χ1v) is 8.88. The molecule has 1 aliphatic heterocycles. The van der Waals surface area contributed by atoms with Crippen molar-refractivity contribution in [2.24, 2.45) is 11.1 Å². The quantitative estimate of drug-likeness (QED) is 0.878. The van der Waals surface area contributed by atoms with Gasteiger partial charge in [0.1, 0.15) is 6.10 Å². The molecule has 0 spiro atoms. The van der Waals surface area contributed by atoms with E-state index in [0.717, 1.165) is 24.8 Å². The summed E-state index contributed by atoms with van der Waals surface area (Å²) in [6.45, 7) is 1.32. The van der Waals surface area contributed by atoms with Crippen LogP contribution >= 0.6 is 0 Å². The predicted octanol–water partition coefficient (Wildman–Crippen LogP) is 2.93. The second-order valence-corrected chi connectivity index (χ2v) is 7.11. The number of nitrogens with two attached hydrogens (primary N) is 1. The molecule has 1 amide bonds. The zero-order chi connectivity index (χ0) is 16.1. The number of carbonyl (C=O) groups excluding carboxylic acids is 1. The molecule has 3 rings (SSSR count). The number of hydrogen-bond donors (Lipinski definition) is 2. The maximum Gasteiger partial charge on any atom is 0.220 e. The Morgan fingerprint density at radius 1 is 1.22 bits per heavy atom.